The van der Waals surface area contributed by atoms with Crippen molar-refractivity contribution >= 4 is 0 Å². The van der Waals surface area contributed by atoms with Crippen molar-refractivity contribution in [1.82, 2.24) is 10.6 Å². The highest BCUT2D eigenvalue weighted by atomic mass is 14.9. The zero-order valence-electron chi connectivity index (χ0n) is 19.9. The Balaban J connectivity index is 1.83. The average molecular weight is 401 g/mol. The first-order chi connectivity index (χ1) is 14.0. The molecule has 0 aromatic heterocycles. The van der Waals surface area contributed by atoms with Gasteiger partial charge in [-0.2, -0.15) is 0 Å². The Hall–Kier alpha value is -0.600. The zero-order valence-corrected chi connectivity index (χ0v) is 19.9. The maximum absolute atomic E-state index is 3.82. The zero-order chi connectivity index (χ0) is 20.7. The number of allylic oxidation sites excluding steroid dienone is 2. The molecular formula is C27H48N2. The third-order valence-electron chi connectivity index (χ3n) is 7.32. The summed E-state index contributed by atoms with van der Waals surface area (Å²) < 4.78 is 0. The van der Waals surface area contributed by atoms with Gasteiger partial charge in [-0.25, -0.2) is 0 Å². The molecule has 3 rings (SSSR count). The summed E-state index contributed by atoms with van der Waals surface area (Å²) in [5.41, 5.74) is 3.71. The topological polar surface area (TPSA) is 24.1 Å². The molecule has 0 spiro atoms. The summed E-state index contributed by atoms with van der Waals surface area (Å²) in [6, 6.07) is 0. The van der Waals surface area contributed by atoms with Gasteiger partial charge in [-0.05, 0) is 73.6 Å². The Morgan fingerprint density at radius 3 is 1.41 bits per heavy atom. The van der Waals surface area contributed by atoms with Gasteiger partial charge in [0.25, 0.3) is 0 Å². The molecule has 0 atom stereocenters. The second-order valence-electron chi connectivity index (χ2n) is 11.2. The Morgan fingerprint density at radius 1 is 0.690 bits per heavy atom. The van der Waals surface area contributed by atoms with E-state index in [2.05, 4.69) is 50.5 Å². The first kappa shape index (κ1) is 23.1. The summed E-state index contributed by atoms with van der Waals surface area (Å²) >= 11 is 0. The molecule has 166 valence electrons. The van der Waals surface area contributed by atoms with Gasteiger partial charge in [0.2, 0.25) is 0 Å². The molecule has 2 saturated carbocycles. The van der Waals surface area contributed by atoms with E-state index in [-0.39, 0.29) is 5.41 Å². The molecule has 29 heavy (non-hydrogen) atoms. The van der Waals surface area contributed by atoms with Gasteiger partial charge in [0.05, 0.1) is 0 Å². The molecule has 0 aromatic rings. The Labute approximate surface area is 181 Å². The minimum Gasteiger partial charge on any atom is -0.315 e. The van der Waals surface area contributed by atoms with Crippen LogP contribution >= 0.6 is 0 Å². The van der Waals surface area contributed by atoms with Crippen LogP contribution in [0, 0.1) is 29.1 Å². The van der Waals surface area contributed by atoms with Crippen molar-refractivity contribution in [1.29, 1.82) is 0 Å². The van der Waals surface area contributed by atoms with Crippen LogP contribution in [-0.4, -0.2) is 26.2 Å². The Kier molecular flexibility index (Phi) is 8.86. The molecule has 0 aromatic carbocycles. The predicted molar refractivity (Wildman–Crippen MR) is 127 cm³/mol. The van der Waals surface area contributed by atoms with E-state index in [0.717, 1.165) is 38.0 Å². The van der Waals surface area contributed by atoms with Gasteiger partial charge in [-0.1, -0.05) is 78.4 Å². The highest BCUT2D eigenvalue weighted by Crippen LogP contribution is 2.47. The van der Waals surface area contributed by atoms with Crippen molar-refractivity contribution in [3.8, 4) is 0 Å². The lowest BCUT2D eigenvalue weighted by Gasteiger charge is -2.30. The summed E-state index contributed by atoms with van der Waals surface area (Å²) in [6.07, 6.45) is 19.8. The van der Waals surface area contributed by atoms with E-state index in [1.165, 1.54) is 64.2 Å². The van der Waals surface area contributed by atoms with Gasteiger partial charge in [0.1, 0.15) is 0 Å². The number of hydrogen-bond acceptors (Lipinski definition) is 2. The fourth-order valence-electron chi connectivity index (χ4n) is 5.82. The SMILES string of the molecule is CC(C)CNCC1(CNCC(C)C)C=C(C2CCCCC2)C(C2CCCCC2)=C1. The molecule has 2 fully saturated rings. The van der Waals surface area contributed by atoms with E-state index in [4.69, 9.17) is 0 Å². The van der Waals surface area contributed by atoms with Crippen LogP contribution in [0.2, 0.25) is 0 Å². The normalized spacial score (nSPS) is 23.7. The average Bonchev–Trinajstić information content (AvgIpc) is 3.09. The minimum absolute atomic E-state index is 0.170. The summed E-state index contributed by atoms with van der Waals surface area (Å²) in [7, 11) is 0. The number of hydrogen-bond donors (Lipinski definition) is 2. The lowest BCUT2D eigenvalue weighted by molar-refractivity contribution is 0.376. The van der Waals surface area contributed by atoms with Gasteiger partial charge < -0.3 is 10.6 Å². The van der Waals surface area contributed by atoms with E-state index in [9.17, 15) is 0 Å². The van der Waals surface area contributed by atoms with Crippen molar-refractivity contribution < 1.29 is 0 Å². The quantitative estimate of drug-likeness (QED) is 0.438. The molecule has 0 amide bonds. The molecule has 3 aliphatic rings. The third-order valence-corrected chi connectivity index (χ3v) is 7.32. The van der Waals surface area contributed by atoms with Gasteiger partial charge in [-0.15, -0.1) is 0 Å². The fraction of sp³-hybridized carbons (Fsp3) is 0.852. The highest BCUT2D eigenvalue weighted by molar-refractivity contribution is 5.46. The molecule has 0 heterocycles. The molecule has 0 bridgehead atoms. The summed E-state index contributed by atoms with van der Waals surface area (Å²) in [5.74, 6) is 3.07. The van der Waals surface area contributed by atoms with Crippen molar-refractivity contribution in [2.24, 2.45) is 29.1 Å². The first-order valence-electron chi connectivity index (χ1n) is 12.9. The fourth-order valence-corrected chi connectivity index (χ4v) is 5.82. The van der Waals surface area contributed by atoms with Gasteiger partial charge in [0.15, 0.2) is 0 Å². The van der Waals surface area contributed by atoms with Crippen LogP contribution in [0.4, 0.5) is 0 Å². The number of rotatable bonds is 10. The Morgan fingerprint density at radius 2 is 1.07 bits per heavy atom. The predicted octanol–water partition coefficient (Wildman–Crippen LogP) is 6.49. The number of nitrogens with one attached hydrogen (secondary N) is 2. The van der Waals surface area contributed by atoms with Gasteiger partial charge >= 0.3 is 0 Å². The summed E-state index contributed by atoms with van der Waals surface area (Å²) in [4.78, 5) is 0. The molecule has 0 radical (unpaired) electrons. The molecule has 2 nitrogen and oxygen atoms in total. The van der Waals surface area contributed by atoms with Crippen molar-refractivity contribution in [2.75, 3.05) is 26.2 Å². The minimum atomic E-state index is 0.170. The van der Waals surface area contributed by atoms with Crippen LogP contribution in [0.5, 0.6) is 0 Å². The van der Waals surface area contributed by atoms with Crippen LogP contribution in [0.3, 0.4) is 0 Å². The second-order valence-corrected chi connectivity index (χ2v) is 11.2. The van der Waals surface area contributed by atoms with Crippen molar-refractivity contribution in [2.45, 2.75) is 91.9 Å². The maximum Gasteiger partial charge on any atom is 0.0323 e. The highest BCUT2D eigenvalue weighted by Gasteiger charge is 2.37. The molecule has 0 saturated heterocycles. The standard InChI is InChI=1S/C27H48N2/c1-21(2)17-28-19-27(20-29-18-22(3)4)15-25(23-11-7-5-8-12-23)26(16-27)24-13-9-6-10-14-24/h15-16,21-24,28-29H,5-14,17-20H2,1-4H3. The largest absolute Gasteiger partial charge is 0.315 e. The molecule has 0 aliphatic heterocycles. The second kappa shape index (κ2) is 11.1. The van der Waals surface area contributed by atoms with Crippen molar-refractivity contribution in [3.05, 3.63) is 23.3 Å². The first-order valence-corrected chi connectivity index (χ1v) is 12.9. The van der Waals surface area contributed by atoms with E-state index in [1.54, 1.807) is 11.1 Å². The molecule has 2 N–H and O–H groups in total. The van der Waals surface area contributed by atoms with Crippen LogP contribution in [0.15, 0.2) is 23.3 Å². The molecular weight excluding hydrogens is 352 g/mol. The molecule has 3 aliphatic carbocycles. The van der Waals surface area contributed by atoms with Crippen LogP contribution < -0.4 is 10.6 Å². The van der Waals surface area contributed by atoms with Crippen LogP contribution in [-0.2, 0) is 0 Å². The lowest BCUT2D eigenvalue weighted by Crippen LogP contribution is -2.41. The monoisotopic (exact) mass is 400 g/mol. The van der Waals surface area contributed by atoms with E-state index in [0.29, 0.717) is 11.8 Å². The van der Waals surface area contributed by atoms with Gasteiger partial charge in [0, 0.05) is 18.5 Å². The molecule has 0 unspecified atom stereocenters. The third kappa shape index (κ3) is 6.69. The summed E-state index contributed by atoms with van der Waals surface area (Å²) in [6.45, 7) is 13.7. The Bertz CT molecular complexity index is 495. The smallest absolute Gasteiger partial charge is 0.0323 e. The summed E-state index contributed by atoms with van der Waals surface area (Å²) in [5, 5.41) is 7.65. The van der Waals surface area contributed by atoms with E-state index < -0.39 is 0 Å². The van der Waals surface area contributed by atoms with Crippen molar-refractivity contribution in [3.63, 3.8) is 0 Å². The van der Waals surface area contributed by atoms with Gasteiger partial charge in [-0.3, -0.25) is 0 Å². The lowest BCUT2D eigenvalue weighted by atomic mass is 9.75. The maximum atomic E-state index is 3.82. The molecule has 2 heteroatoms. The van der Waals surface area contributed by atoms with Crippen LogP contribution in [0.1, 0.15) is 91.9 Å². The van der Waals surface area contributed by atoms with E-state index in [1.807, 2.05) is 0 Å². The van der Waals surface area contributed by atoms with E-state index >= 15 is 0 Å². The van der Waals surface area contributed by atoms with Crippen LogP contribution in [0.25, 0.3) is 0 Å².